The SMILES string of the molecule is CC(=O)NCC(=O)N1CCC[C@H]1C(=O)NCC(=O)O. The molecule has 8 heteroatoms. The molecule has 0 saturated carbocycles. The quantitative estimate of drug-likeness (QED) is 0.552. The Morgan fingerprint density at radius 3 is 2.47 bits per heavy atom. The van der Waals surface area contributed by atoms with Gasteiger partial charge in [0.1, 0.15) is 12.6 Å². The maximum absolute atomic E-state index is 11.8. The molecule has 0 aromatic rings. The van der Waals surface area contributed by atoms with Gasteiger partial charge in [0.15, 0.2) is 0 Å². The molecule has 0 aromatic heterocycles. The van der Waals surface area contributed by atoms with E-state index in [2.05, 4.69) is 10.6 Å². The Morgan fingerprint density at radius 2 is 1.89 bits per heavy atom. The molecule has 19 heavy (non-hydrogen) atoms. The van der Waals surface area contributed by atoms with Crippen molar-refractivity contribution >= 4 is 23.7 Å². The first-order valence-electron chi connectivity index (χ1n) is 5.95. The zero-order chi connectivity index (χ0) is 14.4. The normalized spacial score (nSPS) is 17.9. The molecule has 8 nitrogen and oxygen atoms in total. The molecule has 1 atom stereocenters. The summed E-state index contributed by atoms with van der Waals surface area (Å²) in [7, 11) is 0. The van der Waals surface area contributed by atoms with Gasteiger partial charge >= 0.3 is 5.97 Å². The van der Waals surface area contributed by atoms with Crippen LogP contribution in [-0.2, 0) is 19.2 Å². The molecule has 0 radical (unpaired) electrons. The number of carboxylic acids is 1. The Labute approximate surface area is 110 Å². The summed E-state index contributed by atoms with van der Waals surface area (Å²) in [5, 5.41) is 13.1. The summed E-state index contributed by atoms with van der Waals surface area (Å²) in [6.07, 6.45) is 1.17. The Morgan fingerprint density at radius 1 is 1.21 bits per heavy atom. The average molecular weight is 271 g/mol. The maximum atomic E-state index is 11.8. The van der Waals surface area contributed by atoms with E-state index in [-0.39, 0.29) is 18.4 Å². The summed E-state index contributed by atoms with van der Waals surface area (Å²) in [6.45, 7) is 1.11. The van der Waals surface area contributed by atoms with E-state index in [9.17, 15) is 19.2 Å². The van der Waals surface area contributed by atoms with Gasteiger partial charge in [-0.25, -0.2) is 0 Å². The third-order valence-corrected chi connectivity index (χ3v) is 2.78. The van der Waals surface area contributed by atoms with Gasteiger partial charge in [-0.1, -0.05) is 0 Å². The van der Waals surface area contributed by atoms with E-state index < -0.39 is 24.5 Å². The summed E-state index contributed by atoms with van der Waals surface area (Å²) in [5.41, 5.74) is 0. The van der Waals surface area contributed by atoms with Gasteiger partial charge in [0, 0.05) is 13.5 Å². The van der Waals surface area contributed by atoms with Crippen molar-refractivity contribution in [1.82, 2.24) is 15.5 Å². The Kier molecular flexibility index (Phi) is 5.28. The maximum Gasteiger partial charge on any atom is 0.322 e. The Hall–Kier alpha value is -2.12. The zero-order valence-corrected chi connectivity index (χ0v) is 10.6. The monoisotopic (exact) mass is 271 g/mol. The number of carbonyl (C=O) groups excluding carboxylic acids is 3. The summed E-state index contributed by atoms with van der Waals surface area (Å²) >= 11 is 0. The molecule has 0 spiro atoms. The van der Waals surface area contributed by atoms with Crippen molar-refractivity contribution in [1.29, 1.82) is 0 Å². The predicted octanol–water partition coefficient (Wildman–Crippen LogP) is -1.69. The van der Waals surface area contributed by atoms with Crippen molar-refractivity contribution in [3.63, 3.8) is 0 Å². The molecule has 1 rings (SSSR count). The third-order valence-electron chi connectivity index (χ3n) is 2.78. The second-order valence-electron chi connectivity index (χ2n) is 4.27. The molecular formula is C11H17N3O5. The molecule has 3 N–H and O–H groups in total. The van der Waals surface area contributed by atoms with E-state index in [1.807, 2.05) is 0 Å². The van der Waals surface area contributed by atoms with Crippen LogP contribution in [0.2, 0.25) is 0 Å². The van der Waals surface area contributed by atoms with Crippen LogP contribution in [0.25, 0.3) is 0 Å². The number of rotatable bonds is 5. The molecule has 0 aliphatic carbocycles. The van der Waals surface area contributed by atoms with Gasteiger partial charge in [0.2, 0.25) is 17.7 Å². The first-order chi connectivity index (χ1) is 8.91. The number of hydrogen-bond acceptors (Lipinski definition) is 4. The van der Waals surface area contributed by atoms with E-state index in [1.165, 1.54) is 11.8 Å². The van der Waals surface area contributed by atoms with E-state index in [0.29, 0.717) is 19.4 Å². The van der Waals surface area contributed by atoms with E-state index in [0.717, 1.165) is 0 Å². The number of nitrogens with one attached hydrogen (secondary N) is 2. The van der Waals surface area contributed by atoms with Crippen molar-refractivity contribution in [2.75, 3.05) is 19.6 Å². The number of amides is 3. The van der Waals surface area contributed by atoms with Gasteiger partial charge in [-0.15, -0.1) is 0 Å². The largest absolute Gasteiger partial charge is 0.480 e. The van der Waals surface area contributed by atoms with Crippen molar-refractivity contribution < 1.29 is 24.3 Å². The number of carbonyl (C=O) groups is 4. The number of nitrogens with zero attached hydrogens (tertiary/aromatic N) is 1. The van der Waals surface area contributed by atoms with Crippen LogP contribution in [0.3, 0.4) is 0 Å². The molecule has 1 aliphatic rings. The Bertz CT molecular complexity index is 360. The lowest BCUT2D eigenvalue weighted by atomic mass is 10.2. The summed E-state index contributed by atoms with van der Waals surface area (Å²) in [6, 6.07) is -0.652. The topological polar surface area (TPSA) is 116 Å². The molecule has 1 heterocycles. The molecule has 0 unspecified atom stereocenters. The van der Waals surface area contributed by atoms with E-state index in [1.54, 1.807) is 0 Å². The minimum Gasteiger partial charge on any atom is -0.480 e. The smallest absolute Gasteiger partial charge is 0.322 e. The highest BCUT2D eigenvalue weighted by molar-refractivity contribution is 5.91. The highest BCUT2D eigenvalue weighted by atomic mass is 16.4. The van der Waals surface area contributed by atoms with Crippen LogP contribution in [0.1, 0.15) is 19.8 Å². The molecule has 1 fully saturated rings. The molecule has 106 valence electrons. The molecule has 1 saturated heterocycles. The lowest BCUT2D eigenvalue weighted by Gasteiger charge is -2.23. The van der Waals surface area contributed by atoms with Crippen LogP contribution in [0.15, 0.2) is 0 Å². The first-order valence-corrected chi connectivity index (χ1v) is 5.95. The van der Waals surface area contributed by atoms with Crippen molar-refractivity contribution in [3.05, 3.63) is 0 Å². The van der Waals surface area contributed by atoms with Crippen molar-refractivity contribution in [2.45, 2.75) is 25.8 Å². The first kappa shape index (κ1) is 14.9. The average Bonchev–Trinajstić information content (AvgIpc) is 2.82. The van der Waals surface area contributed by atoms with Gasteiger partial charge in [-0.05, 0) is 12.8 Å². The van der Waals surface area contributed by atoms with Gasteiger partial charge < -0.3 is 20.6 Å². The predicted molar refractivity (Wildman–Crippen MR) is 64.1 cm³/mol. The number of hydrogen-bond donors (Lipinski definition) is 3. The molecule has 1 aliphatic heterocycles. The second kappa shape index (κ2) is 6.72. The molecular weight excluding hydrogens is 254 g/mol. The number of carboxylic acid groups (broad SMARTS) is 1. The number of likely N-dealkylation sites (tertiary alicyclic amines) is 1. The molecule has 0 bridgehead atoms. The number of aliphatic carboxylic acids is 1. The minimum absolute atomic E-state index is 0.155. The molecule has 0 aromatic carbocycles. The van der Waals surface area contributed by atoms with Gasteiger partial charge in [0.05, 0.1) is 6.54 Å². The third kappa shape index (κ3) is 4.57. The van der Waals surface area contributed by atoms with Crippen LogP contribution >= 0.6 is 0 Å². The summed E-state index contributed by atoms with van der Waals surface area (Å²) < 4.78 is 0. The second-order valence-corrected chi connectivity index (χ2v) is 4.27. The Balaban J connectivity index is 2.53. The van der Waals surface area contributed by atoms with Crippen molar-refractivity contribution in [2.24, 2.45) is 0 Å². The van der Waals surface area contributed by atoms with Crippen LogP contribution in [0.4, 0.5) is 0 Å². The van der Waals surface area contributed by atoms with E-state index in [4.69, 9.17) is 5.11 Å². The fraction of sp³-hybridized carbons (Fsp3) is 0.636. The van der Waals surface area contributed by atoms with Gasteiger partial charge in [-0.2, -0.15) is 0 Å². The fourth-order valence-corrected chi connectivity index (χ4v) is 1.92. The highest BCUT2D eigenvalue weighted by Gasteiger charge is 2.33. The van der Waals surface area contributed by atoms with E-state index >= 15 is 0 Å². The van der Waals surface area contributed by atoms with Crippen LogP contribution in [0.5, 0.6) is 0 Å². The van der Waals surface area contributed by atoms with Crippen molar-refractivity contribution in [3.8, 4) is 0 Å². The standard InChI is InChI=1S/C11H17N3O5/c1-7(15)12-5-9(16)14-4-2-3-8(14)11(19)13-6-10(17)18/h8H,2-6H2,1H3,(H,12,15)(H,13,19)(H,17,18)/t8-/m0/s1. The van der Waals surface area contributed by atoms with Crippen LogP contribution in [-0.4, -0.2) is 59.4 Å². The highest BCUT2D eigenvalue weighted by Crippen LogP contribution is 2.17. The van der Waals surface area contributed by atoms with Crippen LogP contribution < -0.4 is 10.6 Å². The molecule has 3 amide bonds. The minimum atomic E-state index is -1.14. The van der Waals surface area contributed by atoms with Gasteiger partial charge in [-0.3, -0.25) is 19.2 Å². The van der Waals surface area contributed by atoms with Gasteiger partial charge in [0.25, 0.3) is 0 Å². The fourth-order valence-electron chi connectivity index (χ4n) is 1.92. The lowest BCUT2D eigenvalue weighted by molar-refractivity contribution is -0.141. The van der Waals surface area contributed by atoms with Crippen LogP contribution in [0, 0.1) is 0 Å². The summed E-state index contributed by atoms with van der Waals surface area (Å²) in [4.78, 5) is 46.0. The lowest BCUT2D eigenvalue weighted by Crippen LogP contribution is -2.49. The zero-order valence-electron chi connectivity index (χ0n) is 10.6. The summed E-state index contributed by atoms with van der Waals surface area (Å²) in [5.74, 6) is -2.28.